The highest BCUT2D eigenvalue weighted by molar-refractivity contribution is 5.91. The Morgan fingerprint density at radius 3 is 2.41 bits per heavy atom. The summed E-state index contributed by atoms with van der Waals surface area (Å²) < 4.78 is 5.22. The summed E-state index contributed by atoms with van der Waals surface area (Å²) >= 11 is 0. The summed E-state index contributed by atoms with van der Waals surface area (Å²) in [7, 11) is 0. The van der Waals surface area contributed by atoms with Gasteiger partial charge < -0.3 is 30.6 Å². The van der Waals surface area contributed by atoms with Gasteiger partial charge in [0.2, 0.25) is 5.91 Å². The zero-order valence-corrected chi connectivity index (χ0v) is 16.9. The van der Waals surface area contributed by atoms with Crippen LogP contribution in [-0.4, -0.2) is 57.0 Å². The fourth-order valence-electron chi connectivity index (χ4n) is 2.82. The molecule has 0 spiro atoms. The van der Waals surface area contributed by atoms with Crippen LogP contribution in [0.2, 0.25) is 0 Å². The number of carbonyl (C=O) groups excluding carboxylic acids is 2. The normalized spacial score (nSPS) is 14.7. The Balaban J connectivity index is 2.25. The second-order valence-corrected chi connectivity index (χ2v) is 7.83. The summed E-state index contributed by atoms with van der Waals surface area (Å²) in [6, 6.07) is 4.86. The first kappa shape index (κ1) is 22.2. The first-order valence-corrected chi connectivity index (χ1v) is 9.23. The highest BCUT2D eigenvalue weighted by Crippen LogP contribution is 2.19. The number of aliphatic hydroxyl groups excluding tert-OH is 1. The van der Waals surface area contributed by atoms with E-state index in [-0.39, 0.29) is 6.42 Å². The average Bonchev–Trinajstić information content (AvgIpc) is 2.99. The maximum Gasteiger partial charge on any atom is 0.408 e. The van der Waals surface area contributed by atoms with E-state index in [4.69, 9.17) is 4.74 Å². The third kappa shape index (κ3) is 6.21. The molecule has 0 radical (unpaired) electrons. The quantitative estimate of drug-likeness (QED) is 0.473. The van der Waals surface area contributed by atoms with Crippen molar-refractivity contribution < 1.29 is 29.3 Å². The molecule has 29 heavy (non-hydrogen) atoms. The molecule has 0 aliphatic rings. The lowest BCUT2D eigenvalue weighted by molar-refractivity contribution is -0.145. The lowest BCUT2D eigenvalue weighted by Gasteiger charge is -2.25. The van der Waals surface area contributed by atoms with Crippen molar-refractivity contribution in [2.24, 2.45) is 0 Å². The van der Waals surface area contributed by atoms with Crippen molar-refractivity contribution in [3.63, 3.8) is 0 Å². The van der Waals surface area contributed by atoms with Crippen molar-refractivity contribution in [1.82, 2.24) is 15.6 Å². The number of fused-ring (bicyclic) bond motifs is 1. The van der Waals surface area contributed by atoms with Crippen molar-refractivity contribution in [3.8, 4) is 0 Å². The Morgan fingerprint density at radius 1 is 1.17 bits per heavy atom. The van der Waals surface area contributed by atoms with Crippen molar-refractivity contribution in [2.45, 2.75) is 57.9 Å². The predicted molar refractivity (Wildman–Crippen MR) is 106 cm³/mol. The van der Waals surface area contributed by atoms with Gasteiger partial charge in [-0.05, 0) is 39.3 Å². The van der Waals surface area contributed by atoms with E-state index in [9.17, 15) is 24.6 Å². The molecular formula is C20H27N3O6. The molecule has 9 nitrogen and oxygen atoms in total. The van der Waals surface area contributed by atoms with E-state index in [2.05, 4.69) is 15.6 Å². The smallest absolute Gasteiger partial charge is 0.408 e. The van der Waals surface area contributed by atoms with Gasteiger partial charge in [-0.3, -0.25) is 4.79 Å². The highest BCUT2D eigenvalue weighted by atomic mass is 16.6. The van der Waals surface area contributed by atoms with Gasteiger partial charge in [-0.1, -0.05) is 18.2 Å². The van der Waals surface area contributed by atoms with Gasteiger partial charge in [-0.15, -0.1) is 0 Å². The molecule has 0 aliphatic carbocycles. The van der Waals surface area contributed by atoms with Gasteiger partial charge in [-0.25, -0.2) is 9.59 Å². The molecule has 9 heteroatoms. The second-order valence-electron chi connectivity index (χ2n) is 7.83. The van der Waals surface area contributed by atoms with Gasteiger partial charge in [0, 0.05) is 23.5 Å². The van der Waals surface area contributed by atoms with Crippen LogP contribution in [0, 0.1) is 0 Å². The summed E-state index contributed by atoms with van der Waals surface area (Å²) in [4.78, 5) is 39.4. The van der Waals surface area contributed by atoms with Crippen LogP contribution in [-0.2, 0) is 20.7 Å². The largest absolute Gasteiger partial charge is 0.480 e. The number of carbonyl (C=O) groups is 3. The minimum atomic E-state index is -1.51. The second kappa shape index (κ2) is 8.95. The molecule has 3 atom stereocenters. The zero-order chi connectivity index (χ0) is 21.8. The Labute approximate surface area is 168 Å². The molecular weight excluding hydrogens is 378 g/mol. The lowest BCUT2D eigenvalue weighted by Crippen LogP contribution is -2.55. The van der Waals surface area contributed by atoms with Crippen molar-refractivity contribution in [2.75, 3.05) is 0 Å². The van der Waals surface area contributed by atoms with E-state index in [1.54, 1.807) is 27.0 Å². The van der Waals surface area contributed by atoms with Crippen LogP contribution in [0.25, 0.3) is 10.9 Å². The molecule has 1 aromatic heterocycles. The van der Waals surface area contributed by atoms with Crippen LogP contribution in [0.5, 0.6) is 0 Å². The summed E-state index contributed by atoms with van der Waals surface area (Å²) in [6.07, 6.45) is -0.292. The maximum absolute atomic E-state index is 12.8. The van der Waals surface area contributed by atoms with E-state index in [1.807, 2.05) is 24.3 Å². The Hall–Kier alpha value is -3.07. The number of aromatic amines is 1. The molecule has 0 saturated heterocycles. The number of carboxylic acids is 1. The molecule has 0 saturated carbocycles. The number of amides is 2. The van der Waals surface area contributed by atoms with Crippen molar-refractivity contribution in [1.29, 1.82) is 0 Å². The van der Waals surface area contributed by atoms with Gasteiger partial charge in [0.25, 0.3) is 0 Å². The fraction of sp³-hybridized carbons (Fsp3) is 0.450. The van der Waals surface area contributed by atoms with E-state index < -0.39 is 41.8 Å². The molecule has 1 heterocycles. The van der Waals surface area contributed by atoms with Crippen molar-refractivity contribution in [3.05, 3.63) is 36.0 Å². The number of nitrogens with one attached hydrogen (secondary N) is 3. The molecule has 0 aliphatic heterocycles. The van der Waals surface area contributed by atoms with Crippen LogP contribution in [0.1, 0.15) is 33.3 Å². The fourth-order valence-corrected chi connectivity index (χ4v) is 2.82. The number of ether oxygens (including phenoxy) is 1. The van der Waals surface area contributed by atoms with Crippen LogP contribution in [0.3, 0.4) is 0 Å². The van der Waals surface area contributed by atoms with Gasteiger partial charge in [0.15, 0.2) is 6.04 Å². The van der Waals surface area contributed by atoms with Gasteiger partial charge in [0.05, 0.1) is 6.10 Å². The first-order chi connectivity index (χ1) is 13.5. The number of hydrogen-bond donors (Lipinski definition) is 5. The predicted octanol–water partition coefficient (Wildman–Crippen LogP) is 1.55. The topological polar surface area (TPSA) is 141 Å². The van der Waals surface area contributed by atoms with E-state index in [1.165, 1.54) is 6.92 Å². The Kier molecular flexibility index (Phi) is 6.86. The molecule has 0 unspecified atom stereocenters. The minimum Gasteiger partial charge on any atom is -0.480 e. The number of hydrogen-bond acceptors (Lipinski definition) is 5. The number of aliphatic hydroxyl groups is 1. The number of alkyl carbamates (subject to hydrolysis) is 1. The molecule has 2 aromatic rings. The summed E-state index contributed by atoms with van der Waals surface area (Å²) in [5.41, 5.74) is 0.863. The van der Waals surface area contributed by atoms with Crippen LogP contribution in [0.15, 0.2) is 30.5 Å². The summed E-state index contributed by atoms with van der Waals surface area (Å²) in [6.45, 7) is 6.33. The molecule has 1 aromatic carbocycles. The number of H-pyrrole nitrogens is 1. The molecule has 158 valence electrons. The Morgan fingerprint density at radius 2 is 1.83 bits per heavy atom. The van der Waals surface area contributed by atoms with Crippen molar-refractivity contribution >= 4 is 28.9 Å². The van der Waals surface area contributed by atoms with Gasteiger partial charge in [-0.2, -0.15) is 0 Å². The maximum atomic E-state index is 12.8. The van der Waals surface area contributed by atoms with E-state index in [0.717, 1.165) is 16.5 Å². The molecule has 2 amide bonds. The highest BCUT2D eigenvalue weighted by Gasteiger charge is 2.31. The van der Waals surface area contributed by atoms with Crippen LogP contribution >= 0.6 is 0 Å². The third-order valence-corrected chi connectivity index (χ3v) is 4.15. The van der Waals surface area contributed by atoms with Crippen LogP contribution < -0.4 is 10.6 Å². The summed E-state index contributed by atoms with van der Waals surface area (Å²) in [5.74, 6) is -2.12. The zero-order valence-electron chi connectivity index (χ0n) is 16.9. The number of rotatable bonds is 7. The molecule has 0 bridgehead atoms. The summed E-state index contributed by atoms with van der Waals surface area (Å²) in [5, 5.41) is 24.5. The SMILES string of the molecule is C[C@@H](O)[C@H](NC(=O)[C@H](Cc1c[nH]c2ccccc12)NC(=O)OC(C)(C)C)C(=O)O. The number of carboxylic acid groups (broad SMARTS) is 1. The average molecular weight is 405 g/mol. The van der Waals surface area contributed by atoms with Gasteiger partial charge in [0.1, 0.15) is 11.6 Å². The van der Waals surface area contributed by atoms with Gasteiger partial charge >= 0.3 is 12.1 Å². The molecule has 5 N–H and O–H groups in total. The minimum absolute atomic E-state index is 0.0985. The first-order valence-electron chi connectivity index (χ1n) is 9.23. The van der Waals surface area contributed by atoms with Crippen LogP contribution in [0.4, 0.5) is 4.79 Å². The molecule has 0 fully saturated rings. The van der Waals surface area contributed by atoms with E-state index >= 15 is 0 Å². The molecule has 2 rings (SSSR count). The number of para-hydroxylation sites is 1. The third-order valence-electron chi connectivity index (χ3n) is 4.15. The number of benzene rings is 1. The van der Waals surface area contributed by atoms with E-state index in [0.29, 0.717) is 0 Å². The standard InChI is InChI=1S/C20H27N3O6/c1-11(24)16(18(26)27)23-17(25)15(22-19(28)29-20(2,3)4)9-12-10-21-14-8-6-5-7-13(12)14/h5-8,10-11,15-16,21,24H,9H2,1-4H3,(H,22,28)(H,23,25)(H,26,27)/t11-,15+,16+/m1/s1. The Bertz CT molecular complexity index is 884. The lowest BCUT2D eigenvalue weighted by atomic mass is 10.0. The number of aliphatic carboxylic acids is 1. The monoisotopic (exact) mass is 405 g/mol. The number of aromatic nitrogens is 1.